The highest BCUT2D eigenvalue weighted by molar-refractivity contribution is 5.99. The van der Waals surface area contributed by atoms with E-state index >= 15 is 0 Å². The second-order valence-corrected chi connectivity index (χ2v) is 6.41. The molecule has 1 amide bonds. The van der Waals surface area contributed by atoms with Crippen LogP contribution in [-0.2, 0) is 0 Å². The van der Waals surface area contributed by atoms with Gasteiger partial charge >= 0.3 is 0 Å². The summed E-state index contributed by atoms with van der Waals surface area (Å²) in [4.78, 5) is 33.2. The average Bonchev–Trinajstić information content (AvgIpc) is 3.16. The minimum absolute atomic E-state index is 0.0297. The number of non-ortho nitro benzene ring substituents is 1. The lowest BCUT2D eigenvalue weighted by molar-refractivity contribution is -0.383. The molecule has 8 nitrogen and oxygen atoms in total. The molecular weight excluding hydrogens is 346 g/mol. The molecule has 0 bridgehead atoms. The minimum atomic E-state index is -0.406. The first-order valence-electron chi connectivity index (χ1n) is 8.61. The molecule has 1 N–H and O–H groups in total. The van der Waals surface area contributed by atoms with Crippen LogP contribution >= 0.6 is 0 Å². The van der Waals surface area contributed by atoms with Gasteiger partial charge in [-0.2, -0.15) is 0 Å². The van der Waals surface area contributed by atoms with E-state index in [0.29, 0.717) is 24.2 Å². The molecule has 0 radical (unpaired) electrons. The minimum Gasteiger partial charge on any atom is -0.380 e. The molecule has 0 saturated carbocycles. The van der Waals surface area contributed by atoms with E-state index in [1.165, 1.54) is 12.3 Å². The van der Waals surface area contributed by atoms with E-state index in [2.05, 4.69) is 15.3 Å². The Bertz CT molecular complexity index is 1010. The number of likely N-dealkylation sites (tertiary alicyclic amines) is 1. The second-order valence-electron chi connectivity index (χ2n) is 6.41. The fraction of sp³-hybridized carbons (Fsp3) is 0.211. The standard InChI is InChI=1S/C19H17N5O3/c25-19(17-3-1-2-8-21-17)23-10-7-13(12-23)22-16-4-5-18(24(26)27)15-11-20-9-6-14(15)16/h1-6,8-9,11,13,22H,7,10,12H2. The van der Waals surface area contributed by atoms with Crippen molar-refractivity contribution < 1.29 is 9.72 Å². The molecule has 1 saturated heterocycles. The summed E-state index contributed by atoms with van der Waals surface area (Å²) in [6, 6.07) is 10.3. The Morgan fingerprint density at radius 1 is 1.19 bits per heavy atom. The number of hydrogen-bond donors (Lipinski definition) is 1. The Morgan fingerprint density at radius 2 is 2.07 bits per heavy atom. The van der Waals surface area contributed by atoms with Crippen molar-refractivity contribution in [3.05, 3.63) is 70.8 Å². The number of carbonyl (C=O) groups excluding carboxylic acids is 1. The molecule has 27 heavy (non-hydrogen) atoms. The predicted molar refractivity (Wildman–Crippen MR) is 101 cm³/mol. The van der Waals surface area contributed by atoms with Crippen LogP contribution < -0.4 is 5.32 Å². The zero-order valence-electron chi connectivity index (χ0n) is 14.4. The van der Waals surface area contributed by atoms with Crippen LogP contribution in [0.4, 0.5) is 11.4 Å². The van der Waals surface area contributed by atoms with Gasteiger partial charge in [0.1, 0.15) is 5.69 Å². The molecule has 3 aromatic rings. The van der Waals surface area contributed by atoms with Crippen molar-refractivity contribution >= 4 is 28.1 Å². The molecule has 4 rings (SSSR count). The smallest absolute Gasteiger partial charge is 0.278 e. The first-order valence-corrected chi connectivity index (χ1v) is 8.61. The summed E-state index contributed by atoms with van der Waals surface area (Å²) in [7, 11) is 0. The van der Waals surface area contributed by atoms with Gasteiger partial charge in [-0.1, -0.05) is 6.07 Å². The zero-order chi connectivity index (χ0) is 18.8. The van der Waals surface area contributed by atoms with Crippen molar-refractivity contribution in [1.29, 1.82) is 0 Å². The number of aromatic nitrogens is 2. The van der Waals surface area contributed by atoms with E-state index in [4.69, 9.17) is 0 Å². The predicted octanol–water partition coefficient (Wildman–Crippen LogP) is 2.86. The van der Waals surface area contributed by atoms with E-state index in [1.54, 1.807) is 47.6 Å². The topological polar surface area (TPSA) is 101 Å². The molecule has 0 spiro atoms. The summed E-state index contributed by atoms with van der Waals surface area (Å²) in [5, 5.41) is 15.9. The number of rotatable bonds is 4. The molecular formula is C19H17N5O3. The molecule has 2 aromatic heterocycles. The monoisotopic (exact) mass is 363 g/mol. The molecule has 1 aromatic carbocycles. The maximum Gasteiger partial charge on any atom is 0.278 e. The Morgan fingerprint density at radius 3 is 2.85 bits per heavy atom. The van der Waals surface area contributed by atoms with Crippen molar-refractivity contribution in [2.45, 2.75) is 12.5 Å². The Hall–Kier alpha value is -3.55. The number of nitrogens with one attached hydrogen (secondary N) is 1. The Labute approximate surface area is 155 Å². The lowest BCUT2D eigenvalue weighted by Crippen LogP contribution is -2.32. The number of amides is 1. The summed E-state index contributed by atoms with van der Waals surface area (Å²) in [6.45, 7) is 1.19. The number of nitrogens with zero attached hydrogens (tertiary/aromatic N) is 4. The fourth-order valence-electron chi connectivity index (χ4n) is 3.39. The van der Waals surface area contributed by atoms with E-state index in [-0.39, 0.29) is 17.6 Å². The Balaban J connectivity index is 1.53. The molecule has 3 heterocycles. The number of pyridine rings is 2. The third-order valence-corrected chi connectivity index (χ3v) is 4.71. The van der Waals surface area contributed by atoms with E-state index < -0.39 is 4.92 Å². The van der Waals surface area contributed by atoms with Gasteiger partial charge in [-0.15, -0.1) is 0 Å². The number of fused-ring (bicyclic) bond motifs is 1. The second kappa shape index (κ2) is 6.99. The summed E-state index contributed by atoms with van der Waals surface area (Å²) in [5.41, 5.74) is 1.27. The van der Waals surface area contributed by atoms with E-state index in [1.807, 2.05) is 0 Å². The maximum atomic E-state index is 12.5. The highest BCUT2D eigenvalue weighted by atomic mass is 16.6. The number of nitro benzene ring substituents is 1. The quantitative estimate of drug-likeness (QED) is 0.565. The van der Waals surface area contributed by atoms with Crippen molar-refractivity contribution in [2.75, 3.05) is 18.4 Å². The van der Waals surface area contributed by atoms with E-state index in [9.17, 15) is 14.9 Å². The third kappa shape index (κ3) is 3.29. The molecule has 1 atom stereocenters. The van der Waals surface area contributed by atoms with Crippen LogP contribution in [0.5, 0.6) is 0 Å². The number of anilines is 1. The molecule has 1 aliphatic rings. The largest absolute Gasteiger partial charge is 0.380 e. The average molecular weight is 363 g/mol. The summed E-state index contributed by atoms with van der Waals surface area (Å²) >= 11 is 0. The van der Waals surface area contributed by atoms with Gasteiger partial charge in [0.15, 0.2) is 0 Å². The summed E-state index contributed by atoms with van der Waals surface area (Å²) in [5.74, 6) is -0.0855. The molecule has 1 fully saturated rings. The van der Waals surface area contributed by atoms with Gasteiger partial charge in [0.2, 0.25) is 0 Å². The van der Waals surface area contributed by atoms with Gasteiger partial charge < -0.3 is 10.2 Å². The lowest BCUT2D eigenvalue weighted by Gasteiger charge is -2.18. The summed E-state index contributed by atoms with van der Waals surface area (Å²) in [6.07, 6.45) is 5.52. The number of hydrogen-bond acceptors (Lipinski definition) is 6. The van der Waals surface area contributed by atoms with E-state index in [0.717, 1.165) is 17.5 Å². The summed E-state index contributed by atoms with van der Waals surface area (Å²) < 4.78 is 0. The molecule has 8 heteroatoms. The van der Waals surface area contributed by atoms with Crippen LogP contribution in [0.2, 0.25) is 0 Å². The van der Waals surface area contributed by atoms with Crippen LogP contribution in [0.1, 0.15) is 16.9 Å². The van der Waals surface area contributed by atoms with Gasteiger partial charge in [-0.3, -0.25) is 24.9 Å². The SMILES string of the molecule is O=C(c1ccccn1)N1CCC(Nc2ccc([N+](=O)[O-])c3cnccc23)C1. The van der Waals surface area contributed by atoms with Crippen LogP contribution in [0, 0.1) is 10.1 Å². The first kappa shape index (κ1) is 16.9. The highest BCUT2D eigenvalue weighted by Gasteiger charge is 2.28. The van der Waals surface area contributed by atoms with Gasteiger partial charge in [-0.25, -0.2) is 0 Å². The molecule has 1 aliphatic heterocycles. The van der Waals surface area contributed by atoms with Gasteiger partial charge in [0.05, 0.1) is 10.3 Å². The normalized spacial score (nSPS) is 16.4. The van der Waals surface area contributed by atoms with Crippen molar-refractivity contribution in [3.8, 4) is 0 Å². The van der Waals surface area contributed by atoms with Gasteiger partial charge in [-0.05, 0) is 30.7 Å². The van der Waals surface area contributed by atoms with Crippen molar-refractivity contribution in [3.63, 3.8) is 0 Å². The van der Waals surface area contributed by atoms with Crippen molar-refractivity contribution in [2.24, 2.45) is 0 Å². The van der Waals surface area contributed by atoms with Crippen LogP contribution in [-0.4, -0.2) is 44.8 Å². The highest BCUT2D eigenvalue weighted by Crippen LogP contribution is 2.31. The number of benzene rings is 1. The van der Waals surface area contributed by atoms with Crippen LogP contribution in [0.3, 0.4) is 0 Å². The lowest BCUT2D eigenvalue weighted by atomic mass is 10.1. The van der Waals surface area contributed by atoms with Gasteiger partial charge in [0.25, 0.3) is 11.6 Å². The van der Waals surface area contributed by atoms with Crippen LogP contribution in [0.15, 0.2) is 55.0 Å². The Kier molecular flexibility index (Phi) is 4.37. The third-order valence-electron chi connectivity index (χ3n) is 4.71. The van der Waals surface area contributed by atoms with Gasteiger partial charge in [0, 0.05) is 54.9 Å². The maximum absolute atomic E-state index is 12.5. The molecule has 136 valence electrons. The zero-order valence-corrected chi connectivity index (χ0v) is 14.4. The number of nitro groups is 1. The number of carbonyl (C=O) groups is 1. The molecule has 0 aliphatic carbocycles. The fourth-order valence-corrected chi connectivity index (χ4v) is 3.39. The molecule has 1 unspecified atom stereocenters. The van der Waals surface area contributed by atoms with Crippen molar-refractivity contribution in [1.82, 2.24) is 14.9 Å². The first-order chi connectivity index (χ1) is 13.1. The van der Waals surface area contributed by atoms with Crippen LogP contribution in [0.25, 0.3) is 10.8 Å².